The van der Waals surface area contributed by atoms with Crippen LogP contribution in [0, 0.1) is 0 Å². The highest BCUT2D eigenvalue weighted by molar-refractivity contribution is 7.18. The molecule has 3 rings (SSSR count). The topological polar surface area (TPSA) is 38.9 Å². The van der Waals surface area contributed by atoms with E-state index in [2.05, 4.69) is 29.3 Å². The van der Waals surface area contributed by atoms with Crippen molar-refractivity contribution in [2.75, 3.05) is 0 Å². The van der Waals surface area contributed by atoms with Gasteiger partial charge in [-0.25, -0.2) is 4.98 Å². The van der Waals surface area contributed by atoms with Crippen LogP contribution in [0.25, 0.3) is 10.2 Å². The lowest BCUT2D eigenvalue weighted by Crippen LogP contribution is -2.11. The molecule has 0 amide bonds. The highest BCUT2D eigenvalue weighted by Crippen LogP contribution is 2.26. The molecule has 2 N–H and O–H groups in total. The van der Waals surface area contributed by atoms with Crippen LogP contribution >= 0.6 is 11.3 Å². The zero-order valence-corrected chi connectivity index (χ0v) is 9.83. The van der Waals surface area contributed by atoms with E-state index in [-0.39, 0.29) is 6.04 Å². The number of fused-ring (bicyclic) bond motifs is 1. The molecule has 2 nitrogen and oxygen atoms in total. The van der Waals surface area contributed by atoms with Gasteiger partial charge < -0.3 is 5.73 Å². The molecule has 0 saturated carbocycles. The molecule has 1 unspecified atom stereocenters. The first kappa shape index (κ1) is 10.00. The maximum Gasteiger partial charge on any atom is 0.0979 e. The molecule has 1 aromatic heterocycles. The minimum atomic E-state index is 0.268. The number of thiazole rings is 1. The molecule has 0 radical (unpaired) electrons. The summed E-state index contributed by atoms with van der Waals surface area (Å²) in [5.74, 6) is 0. The maximum absolute atomic E-state index is 5.86. The minimum absolute atomic E-state index is 0.268. The standard InChI is InChI=1S/C13H14N2S/c14-10-6-5-9(7-10)8-13-15-11-3-1-2-4-12(11)16-13/h1-4,7,10H,5-6,8,14H2. The van der Waals surface area contributed by atoms with Crippen molar-refractivity contribution in [2.45, 2.75) is 25.3 Å². The molecule has 1 aliphatic carbocycles. The predicted molar refractivity (Wildman–Crippen MR) is 68.6 cm³/mol. The summed E-state index contributed by atoms with van der Waals surface area (Å²) in [7, 11) is 0. The second-order valence-corrected chi connectivity index (χ2v) is 5.39. The van der Waals surface area contributed by atoms with E-state index in [0.29, 0.717) is 0 Å². The zero-order valence-electron chi connectivity index (χ0n) is 9.02. The van der Waals surface area contributed by atoms with E-state index in [9.17, 15) is 0 Å². The second-order valence-electron chi connectivity index (χ2n) is 4.28. The van der Waals surface area contributed by atoms with Crippen LogP contribution in [-0.4, -0.2) is 11.0 Å². The molecule has 1 aliphatic rings. The van der Waals surface area contributed by atoms with E-state index in [1.807, 2.05) is 6.07 Å². The Morgan fingerprint density at radius 3 is 3.00 bits per heavy atom. The van der Waals surface area contributed by atoms with Crippen molar-refractivity contribution in [1.82, 2.24) is 4.98 Å². The Labute approximate surface area is 98.8 Å². The summed E-state index contributed by atoms with van der Waals surface area (Å²) in [6.45, 7) is 0. The van der Waals surface area contributed by atoms with Crippen LogP contribution in [-0.2, 0) is 6.42 Å². The summed E-state index contributed by atoms with van der Waals surface area (Å²) in [6.07, 6.45) is 5.41. The van der Waals surface area contributed by atoms with Crippen molar-refractivity contribution < 1.29 is 0 Å². The Balaban J connectivity index is 1.87. The summed E-state index contributed by atoms with van der Waals surface area (Å²) in [5.41, 5.74) is 8.43. The molecule has 0 bridgehead atoms. The van der Waals surface area contributed by atoms with Crippen molar-refractivity contribution >= 4 is 21.6 Å². The Morgan fingerprint density at radius 2 is 2.25 bits per heavy atom. The van der Waals surface area contributed by atoms with Gasteiger partial charge in [-0.15, -0.1) is 11.3 Å². The van der Waals surface area contributed by atoms with Gasteiger partial charge in [0.15, 0.2) is 0 Å². The van der Waals surface area contributed by atoms with Gasteiger partial charge in [0, 0.05) is 12.5 Å². The molecule has 0 aliphatic heterocycles. The van der Waals surface area contributed by atoms with Gasteiger partial charge >= 0.3 is 0 Å². The van der Waals surface area contributed by atoms with E-state index in [1.54, 1.807) is 11.3 Å². The van der Waals surface area contributed by atoms with Crippen LogP contribution in [0.4, 0.5) is 0 Å². The largest absolute Gasteiger partial charge is 0.324 e. The molecule has 1 heterocycles. The Kier molecular flexibility index (Phi) is 2.50. The average Bonchev–Trinajstić information content (AvgIpc) is 2.84. The summed E-state index contributed by atoms with van der Waals surface area (Å²) in [5, 5.41) is 1.21. The van der Waals surface area contributed by atoms with Crippen molar-refractivity contribution in [2.24, 2.45) is 5.73 Å². The lowest BCUT2D eigenvalue weighted by Gasteiger charge is -1.95. The van der Waals surface area contributed by atoms with Crippen LogP contribution in [0.15, 0.2) is 35.9 Å². The third kappa shape index (κ3) is 1.88. The van der Waals surface area contributed by atoms with Gasteiger partial charge in [-0.2, -0.15) is 0 Å². The van der Waals surface area contributed by atoms with Gasteiger partial charge in [-0.1, -0.05) is 23.8 Å². The maximum atomic E-state index is 5.86. The highest BCUT2D eigenvalue weighted by Gasteiger charge is 2.13. The van der Waals surface area contributed by atoms with Crippen molar-refractivity contribution in [1.29, 1.82) is 0 Å². The number of hydrogen-bond donors (Lipinski definition) is 1. The quantitative estimate of drug-likeness (QED) is 0.806. The molecule has 82 valence electrons. The van der Waals surface area contributed by atoms with Crippen LogP contribution in [0.5, 0.6) is 0 Å². The second kappa shape index (κ2) is 4.00. The molecule has 0 spiro atoms. The monoisotopic (exact) mass is 230 g/mol. The van der Waals surface area contributed by atoms with Gasteiger partial charge in [0.2, 0.25) is 0 Å². The van der Waals surface area contributed by atoms with Crippen LogP contribution in [0.3, 0.4) is 0 Å². The number of aromatic nitrogens is 1. The number of hydrogen-bond acceptors (Lipinski definition) is 3. The number of nitrogens with two attached hydrogens (primary N) is 1. The minimum Gasteiger partial charge on any atom is -0.324 e. The SMILES string of the molecule is NC1C=C(Cc2nc3ccccc3s2)CC1. The molecule has 2 aromatic rings. The molecular weight excluding hydrogens is 216 g/mol. The number of allylic oxidation sites excluding steroid dienone is 1. The summed E-state index contributed by atoms with van der Waals surface area (Å²) in [4.78, 5) is 4.64. The molecule has 16 heavy (non-hydrogen) atoms. The van der Waals surface area contributed by atoms with E-state index < -0.39 is 0 Å². The van der Waals surface area contributed by atoms with Crippen LogP contribution in [0.2, 0.25) is 0 Å². The van der Waals surface area contributed by atoms with Gasteiger partial charge in [0.1, 0.15) is 0 Å². The molecule has 1 atom stereocenters. The third-order valence-corrected chi connectivity index (χ3v) is 4.00. The summed E-state index contributed by atoms with van der Waals surface area (Å²) >= 11 is 1.79. The van der Waals surface area contributed by atoms with Crippen LogP contribution in [0.1, 0.15) is 17.8 Å². The van der Waals surface area contributed by atoms with E-state index >= 15 is 0 Å². The fourth-order valence-corrected chi connectivity index (χ4v) is 3.18. The Morgan fingerprint density at radius 1 is 1.38 bits per heavy atom. The van der Waals surface area contributed by atoms with Gasteiger partial charge in [0.25, 0.3) is 0 Å². The normalized spacial score (nSPS) is 20.3. The third-order valence-electron chi connectivity index (χ3n) is 2.97. The number of para-hydroxylation sites is 1. The fourth-order valence-electron chi connectivity index (χ4n) is 2.16. The Bertz CT molecular complexity index is 509. The number of rotatable bonds is 2. The molecular formula is C13H14N2S. The first-order valence-corrected chi connectivity index (χ1v) is 6.42. The lowest BCUT2D eigenvalue weighted by atomic mass is 10.2. The predicted octanol–water partition coefficient (Wildman–Crippen LogP) is 2.89. The lowest BCUT2D eigenvalue weighted by molar-refractivity contribution is 0.769. The number of benzene rings is 1. The van der Waals surface area contributed by atoms with Crippen molar-refractivity contribution in [3.05, 3.63) is 40.9 Å². The van der Waals surface area contributed by atoms with Gasteiger partial charge in [0.05, 0.1) is 15.2 Å². The van der Waals surface area contributed by atoms with E-state index in [4.69, 9.17) is 5.73 Å². The molecule has 3 heteroatoms. The Hall–Kier alpha value is -1.19. The van der Waals surface area contributed by atoms with E-state index in [0.717, 1.165) is 24.8 Å². The van der Waals surface area contributed by atoms with E-state index in [1.165, 1.54) is 15.3 Å². The summed E-state index contributed by atoms with van der Waals surface area (Å²) in [6, 6.07) is 8.57. The van der Waals surface area contributed by atoms with Gasteiger partial charge in [-0.3, -0.25) is 0 Å². The smallest absolute Gasteiger partial charge is 0.0979 e. The van der Waals surface area contributed by atoms with Crippen molar-refractivity contribution in [3.63, 3.8) is 0 Å². The number of nitrogens with zero attached hydrogens (tertiary/aromatic N) is 1. The molecule has 0 saturated heterocycles. The molecule has 0 fully saturated rings. The van der Waals surface area contributed by atoms with Gasteiger partial charge in [-0.05, 0) is 25.0 Å². The molecule has 1 aromatic carbocycles. The summed E-state index contributed by atoms with van der Waals surface area (Å²) < 4.78 is 1.28. The first-order chi connectivity index (χ1) is 7.81. The van der Waals surface area contributed by atoms with Crippen molar-refractivity contribution in [3.8, 4) is 0 Å². The zero-order chi connectivity index (χ0) is 11.0. The van der Waals surface area contributed by atoms with Crippen LogP contribution < -0.4 is 5.73 Å². The average molecular weight is 230 g/mol. The first-order valence-electron chi connectivity index (χ1n) is 5.61. The fraction of sp³-hybridized carbons (Fsp3) is 0.308. The highest BCUT2D eigenvalue weighted by atomic mass is 32.1.